The maximum absolute atomic E-state index is 13.8. The Hall–Kier alpha value is -2.75. The molecule has 0 N–H and O–H groups in total. The smallest absolute Gasteiger partial charge is 0.259 e. The predicted molar refractivity (Wildman–Crippen MR) is 127 cm³/mol. The molecule has 0 atom stereocenters. The van der Waals surface area contributed by atoms with Gasteiger partial charge in [-0.2, -0.15) is 0 Å². The summed E-state index contributed by atoms with van der Waals surface area (Å²) in [4.78, 5) is 20.0. The van der Waals surface area contributed by atoms with Crippen LogP contribution in [-0.2, 0) is 0 Å². The third-order valence-corrected chi connectivity index (χ3v) is 6.08. The molecule has 0 saturated carbocycles. The van der Waals surface area contributed by atoms with E-state index in [0.717, 1.165) is 33.0 Å². The van der Waals surface area contributed by atoms with E-state index in [2.05, 4.69) is 34.5 Å². The van der Waals surface area contributed by atoms with E-state index in [4.69, 9.17) is 18.9 Å². The van der Waals surface area contributed by atoms with Crippen molar-refractivity contribution in [3.8, 4) is 23.0 Å². The standard InChI is InChI=1S/C23H23IN2O5/c1-4-5-8-26(23(27)14-9-19(28-2)20(29-3)11-16(14)24)18-6-7-25-17-12-22-21(10-15(17)18)30-13-31-22/h6-7,9-12H,4-5,8,13H2,1-3H3. The highest BCUT2D eigenvalue weighted by Crippen LogP contribution is 2.39. The molecule has 2 aromatic carbocycles. The minimum absolute atomic E-state index is 0.107. The van der Waals surface area contributed by atoms with Gasteiger partial charge in [0.2, 0.25) is 6.79 Å². The minimum Gasteiger partial charge on any atom is -0.493 e. The van der Waals surface area contributed by atoms with Crippen molar-refractivity contribution in [2.75, 3.05) is 32.5 Å². The maximum atomic E-state index is 13.8. The molecular weight excluding hydrogens is 511 g/mol. The van der Waals surface area contributed by atoms with Crippen LogP contribution in [0, 0.1) is 3.57 Å². The zero-order valence-corrected chi connectivity index (χ0v) is 19.8. The summed E-state index contributed by atoms with van der Waals surface area (Å²) in [5.74, 6) is 2.32. The van der Waals surface area contributed by atoms with E-state index >= 15 is 0 Å². The molecule has 0 radical (unpaired) electrons. The molecular formula is C23H23IN2O5. The Morgan fingerprint density at radius 1 is 1.13 bits per heavy atom. The van der Waals surface area contributed by atoms with Gasteiger partial charge in [0.15, 0.2) is 23.0 Å². The largest absolute Gasteiger partial charge is 0.493 e. The number of hydrogen-bond donors (Lipinski definition) is 0. The molecule has 7 nitrogen and oxygen atoms in total. The summed E-state index contributed by atoms with van der Waals surface area (Å²) in [7, 11) is 3.14. The molecule has 0 bridgehead atoms. The van der Waals surface area contributed by atoms with Crippen LogP contribution in [-0.4, -0.2) is 38.4 Å². The van der Waals surface area contributed by atoms with Gasteiger partial charge >= 0.3 is 0 Å². The molecule has 2 heterocycles. The highest BCUT2D eigenvalue weighted by Gasteiger charge is 2.25. The van der Waals surface area contributed by atoms with Crippen LogP contribution in [0.1, 0.15) is 30.1 Å². The van der Waals surface area contributed by atoms with Crippen molar-refractivity contribution in [1.29, 1.82) is 0 Å². The molecule has 31 heavy (non-hydrogen) atoms. The Morgan fingerprint density at radius 3 is 2.55 bits per heavy atom. The second-order valence-electron chi connectivity index (χ2n) is 7.05. The summed E-state index contributed by atoms with van der Waals surface area (Å²) in [6.45, 7) is 2.86. The normalized spacial score (nSPS) is 12.1. The molecule has 1 aliphatic rings. The molecule has 1 amide bonds. The number of hydrogen-bond acceptors (Lipinski definition) is 6. The van der Waals surface area contributed by atoms with E-state index in [1.807, 2.05) is 24.3 Å². The highest BCUT2D eigenvalue weighted by molar-refractivity contribution is 14.1. The van der Waals surface area contributed by atoms with Crippen molar-refractivity contribution in [2.24, 2.45) is 0 Å². The zero-order valence-electron chi connectivity index (χ0n) is 17.6. The molecule has 0 unspecified atom stereocenters. The number of ether oxygens (including phenoxy) is 4. The van der Waals surface area contributed by atoms with Crippen molar-refractivity contribution in [3.05, 3.63) is 45.7 Å². The molecule has 8 heteroatoms. The quantitative estimate of drug-likeness (QED) is 0.396. The van der Waals surface area contributed by atoms with Crippen molar-refractivity contribution >= 4 is 45.1 Å². The van der Waals surface area contributed by atoms with Gasteiger partial charge < -0.3 is 23.8 Å². The minimum atomic E-state index is -0.107. The van der Waals surface area contributed by atoms with Gasteiger partial charge in [0.25, 0.3) is 5.91 Å². The predicted octanol–water partition coefficient (Wildman–Crippen LogP) is 5.03. The number of rotatable bonds is 7. The first-order chi connectivity index (χ1) is 15.1. The summed E-state index contributed by atoms with van der Waals surface area (Å²) in [6.07, 6.45) is 3.54. The molecule has 0 spiro atoms. The second-order valence-corrected chi connectivity index (χ2v) is 8.21. The fraction of sp³-hybridized carbons (Fsp3) is 0.304. The second kappa shape index (κ2) is 9.17. The Morgan fingerprint density at radius 2 is 1.84 bits per heavy atom. The zero-order chi connectivity index (χ0) is 22.0. The third kappa shape index (κ3) is 4.08. The van der Waals surface area contributed by atoms with Crippen LogP contribution in [0.4, 0.5) is 5.69 Å². The number of amides is 1. The van der Waals surface area contributed by atoms with Gasteiger partial charge in [0.1, 0.15) is 0 Å². The Kier molecular flexibility index (Phi) is 6.35. The van der Waals surface area contributed by atoms with Gasteiger partial charge in [-0.25, -0.2) is 0 Å². The van der Waals surface area contributed by atoms with Gasteiger partial charge in [0, 0.05) is 27.8 Å². The van der Waals surface area contributed by atoms with E-state index in [1.54, 1.807) is 31.4 Å². The molecule has 3 aromatic rings. The lowest BCUT2D eigenvalue weighted by Gasteiger charge is -2.25. The molecule has 162 valence electrons. The number of fused-ring (bicyclic) bond motifs is 2. The van der Waals surface area contributed by atoms with Crippen LogP contribution >= 0.6 is 22.6 Å². The number of carbonyl (C=O) groups excluding carboxylic acids is 1. The summed E-state index contributed by atoms with van der Waals surface area (Å²) < 4.78 is 22.6. The first-order valence-corrected chi connectivity index (χ1v) is 11.1. The van der Waals surface area contributed by atoms with Gasteiger partial charge in [-0.15, -0.1) is 0 Å². The third-order valence-electron chi connectivity index (χ3n) is 5.19. The van der Waals surface area contributed by atoms with Gasteiger partial charge in [-0.05, 0) is 53.3 Å². The van der Waals surface area contributed by atoms with Gasteiger partial charge in [0.05, 0.1) is 31.0 Å². The average molecular weight is 534 g/mol. The van der Waals surface area contributed by atoms with Crippen LogP contribution < -0.4 is 23.8 Å². The fourth-order valence-corrected chi connectivity index (χ4v) is 4.24. The lowest BCUT2D eigenvalue weighted by Crippen LogP contribution is -2.32. The van der Waals surface area contributed by atoms with Crippen molar-refractivity contribution < 1.29 is 23.7 Å². The number of benzene rings is 2. The lowest BCUT2D eigenvalue weighted by atomic mass is 10.1. The van der Waals surface area contributed by atoms with E-state index in [-0.39, 0.29) is 12.7 Å². The summed E-state index contributed by atoms with van der Waals surface area (Å²) >= 11 is 2.16. The maximum Gasteiger partial charge on any atom is 0.259 e. The van der Waals surface area contributed by atoms with Crippen LogP contribution in [0.5, 0.6) is 23.0 Å². The van der Waals surface area contributed by atoms with Crippen molar-refractivity contribution in [2.45, 2.75) is 19.8 Å². The van der Waals surface area contributed by atoms with Gasteiger partial charge in [-0.3, -0.25) is 9.78 Å². The first kappa shape index (κ1) is 21.5. The number of pyridine rings is 1. The number of unbranched alkanes of at least 4 members (excludes halogenated alkanes) is 1. The number of aromatic nitrogens is 1. The monoisotopic (exact) mass is 534 g/mol. The first-order valence-electron chi connectivity index (χ1n) is 9.99. The van der Waals surface area contributed by atoms with E-state index in [9.17, 15) is 4.79 Å². The Labute approximate surface area is 194 Å². The van der Waals surface area contributed by atoms with Crippen LogP contribution in [0.2, 0.25) is 0 Å². The molecule has 0 fully saturated rings. The Bertz CT molecular complexity index is 1130. The molecule has 0 saturated heterocycles. The van der Waals surface area contributed by atoms with Crippen LogP contribution in [0.25, 0.3) is 10.9 Å². The molecule has 1 aliphatic heterocycles. The molecule has 4 rings (SSSR count). The van der Waals surface area contributed by atoms with E-state index in [1.165, 1.54) is 0 Å². The van der Waals surface area contributed by atoms with E-state index < -0.39 is 0 Å². The molecule has 1 aromatic heterocycles. The summed E-state index contributed by atoms with van der Waals surface area (Å²) in [5.41, 5.74) is 2.09. The number of halogens is 1. The highest BCUT2D eigenvalue weighted by atomic mass is 127. The number of methoxy groups -OCH3 is 2. The van der Waals surface area contributed by atoms with E-state index in [0.29, 0.717) is 35.1 Å². The number of carbonyl (C=O) groups is 1. The van der Waals surface area contributed by atoms with Gasteiger partial charge in [-0.1, -0.05) is 13.3 Å². The molecule has 0 aliphatic carbocycles. The topological polar surface area (TPSA) is 70.1 Å². The summed E-state index contributed by atoms with van der Waals surface area (Å²) in [5, 5.41) is 0.840. The number of anilines is 1. The van der Waals surface area contributed by atoms with Crippen molar-refractivity contribution in [3.63, 3.8) is 0 Å². The SMILES string of the molecule is CCCCN(C(=O)c1cc(OC)c(OC)cc1I)c1ccnc2cc3c(cc12)OCO3. The Balaban J connectivity index is 1.83. The van der Waals surface area contributed by atoms with Crippen LogP contribution in [0.15, 0.2) is 36.5 Å². The number of nitrogens with zero attached hydrogens (tertiary/aromatic N) is 2. The average Bonchev–Trinajstić information content (AvgIpc) is 3.24. The van der Waals surface area contributed by atoms with Crippen molar-refractivity contribution in [1.82, 2.24) is 4.98 Å². The fourth-order valence-electron chi connectivity index (χ4n) is 3.57. The lowest BCUT2D eigenvalue weighted by molar-refractivity contribution is 0.0985. The summed E-state index contributed by atoms with van der Waals surface area (Å²) in [6, 6.07) is 9.16. The van der Waals surface area contributed by atoms with Crippen LogP contribution in [0.3, 0.4) is 0 Å².